The van der Waals surface area contributed by atoms with E-state index in [4.69, 9.17) is 21.3 Å². The number of pyridine rings is 1. The quantitative estimate of drug-likeness (QED) is 0.636. The van der Waals surface area contributed by atoms with Gasteiger partial charge in [0.2, 0.25) is 0 Å². The average molecular weight is 372 g/mol. The number of hydrogen-bond donors (Lipinski definition) is 0. The summed E-state index contributed by atoms with van der Waals surface area (Å²) in [6.07, 6.45) is 1.93. The lowest BCUT2D eigenvalue weighted by Gasteiger charge is -2.22. The molecule has 4 rings (SSSR count). The number of fused-ring (bicyclic) bond motifs is 1. The van der Waals surface area contributed by atoms with Crippen molar-refractivity contribution < 1.29 is 9.13 Å². The molecule has 1 atom stereocenters. The number of hydrogen-bond acceptors (Lipinski definition) is 4. The van der Waals surface area contributed by atoms with Gasteiger partial charge in [0.1, 0.15) is 11.6 Å². The van der Waals surface area contributed by atoms with Gasteiger partial charge < -0.3 is 4.74 Å². The molecule has 134 valence electrons. The molecule has 1 unspecified atom stereocenters. The number of halogens is 2. The second kappa shape index (κ2) is 6.89. The van der Waals surface area contributed by atoms with Crippen LogP contribution in [0.1, 0.15) is 35.8 Å². The summed E-state index contributed by atoms with van der Waals surface area (Å²) in [5.41, 5.74) is 3.48. The van der Waals surface area contributed by atoms with Gasteiger partial charge in [0.15, 0.2) is 5.65 Å². The van der Waals surface area contributed by atoms with Crippen LogP contribution in [0.3, 0.4) is 0 Å². The fourth-order valence-electron chi connectivity index (χ4n) is 3.27. The minimum atomic E-state index is -0.401. The Labute approximate surface area is 156 Å². The topological polar surface area (TPSA) is 47.9 Å². The second-order valence-electron chi connectivity index (χ2n) is 6.73. The summed E-state index contributed by atoms with van der Waals surface area (Å²) in [5, 5.41) is 1.10. The normalized spacial score (nSPS) is 17.6. The largest absolute Gasteiger partial charge is 0.381 e. The molecule has 2 aromatic heterocycles. The Hall–Kier alpha value is -2.11. The maximum atomic E-state index is 14.6. The standard InChI is InChI=1S/C20H19ClFN3O/c1-11-8-16-18(15-6-5-14(21)9-17(15)22)24-19(13-4-3-7-26-10-13)25-20(16)23-12(11)2/h5-6,8-9,13H,3-4,7,10H2,1-2H3. The van der Waals surface area contributed by atoms with E-state index in [2.05, 4.69) is 9.97 Å². The SMILES string of the molecule is Cc1cc2c(-c3ccc(Cl)cc3F)nc(C3CCCOC3)nc2nc1C. The van der Waals surface area contributed by atoms with Crippen molar-refractivity contribution in [1.82, 2.24) is 15.0 Å². The molecular formula is C20H19ClFN3O. The van der Waals surface area contributed by atoms with Crippen LogP contribution in [0.2, 0.25) is 5.02 Å². The molecular weight excluding hydrogens is 353 g/mol. The Bertz CT molecular complexity index is 986. The third-order valence-corrected chi connectivity index (χ3v) is 5.09. The molecule has 0 amide bonds. The van der Waals surface area contributed by atoms with Crippen LogP contribution in [-0.2, 0) is 4.74 Å². The fraction of sp³-hybridized carbons (Fsp3) is 0.350. The van der Waals surface area contributed by atoms with E-state index in [1.807, 2.05) is 19.9 Å². The Balaban J connectivity index is 1.97. The van der Waals surface area contributed by atoms with E-state index >= 15 is 0 Å². The summed E-state index contributed by atoms with van der Waals surface area (Å²) in [4.78, 5) is 14.0. The maximum Gasteiger partial charge on any atom is 0.163 e. The zero-order valence-corrected chi connectivity index (χ0v) is 15.5. The van der Waals surface area contributed by atoms with Gasteiger partial charge in [0.25, 0.3) is 0 Å². The van der Waals surface area contributed by atoms with Crippen LogP contribution in [0.4, 0.5) is 4.39 Å². The Morgan fingerprint density at radius 2 is 2.00 bits per heavy atom. The molecule has 0 aliphatic carbocycles. The highest BCUT2D eigenvalue weighted by Crippen LogP contribution is 2.32. The van der Waals surface area contributed by atoms with Crippen molar-refractivity contribution in [2.24, 2.45) is 0 Å². The van der Waals surface area contributed by atoms with E-state index in [0.29, 0.717) is 34.4 Å². The van der Waals surface area contributed by atoms with Gasteiger partial charge in [-0.2, -0.15) is 0 Å². The Morgan fingerprint density at radius 3 is 2.73 bits per heavy atom. The number of ether oxygens (including phenoxy) is 1. The molecule has 1 aliphatic heterocycles. The summed E-state index contributed by atoms with van der Waals surface area (Å²) in [7, 11) is 0. The van der Waals surface area contributed by atoms with E-state index in [1.165, 1.54) is 6.07 Å². The van der Waals surface area contributed by atoms with Crippen molar-refractivity contribution in [3.05, 3.63) is 52.2 Å². The first-order valence-corrected chi connectivity index (χ1v) is 9.10. The van der Waals surface area contributed by atoms with Crippen LogP contribution in [-0.4, -0.2) is 28.2 Å². The van der Waals surface area contributed by atoms with Crippen molar-refractivity contribution in [1.29, 1.82) is 0 Å². The molecule has 0 saturated carbocycles. The van der Waals surface area contributed by atoms with Gasteiger partial charge in [-0.3, -0.25) is 0 Å². The summed E-state index contributed by atoms with van der Waals surface area (Å²) >= 11 is 5.92. The van der Waals surface area contributed by atoms with Crippen molar-refractivity contribution in [3.8, 4) is 11.3 Å². The van der Waals surface area contributed by atoms with E-state index in [-0.39, 0.29) is 5.92 Å². The van der Waals surface area contributed by atoms with E-state index in [1.54, 1.807) is 12.1 Å². The Kier molecular flexibility index (Phi) is 4.59. The highest BCUT2D eigenvalue weighted by Gasteiger charge is 2.22. The number of aryl methyl sites for hydroxylation is 2. The third-order valence-electron chi connectivity index (χ3n) is 4.86. The van der Waals surface area contributed by atoms with Crippen molar-refractivity contribution in [3.63, 3.8) is 0 Å². The van der Waals surface area contributed by atoms with Gasteiger partial charge >= 0.3 is 0 Å². The predicted octanol–water partition coefficient (Wildman–Crippen LogP) is 5.00. The molecule has 0 bridgehead atoms. The lowest BCUT2D eigenvalue weighted by molar-refractivity contribution is 0.0782. The van der Waals surface area contributed by atoms with Gasteiger partial charge in [0, 0.05) is 34.2 Å². The first kappa shape index (κ1) is 17.3. The molecule has 26 heavy (non-hydrogen) atoms. The van der Waals surface area contributed by atoms with Crippen LogP contribution in [0.5, 0.6) is 0 Å². The van der Waals surface area contributed by atoms with Crippen LogP contribution >= 0.6 is 11.6 Å². The van der Waals surface area contributed by atoms with E-state index in [0.717, 1.165) is 36.1 Å². The molecule has 3 aromatic rings. The minimum Gasteiger partial charge on any atom is -0.381 e. The van der Waals surface area contributed by atoms with Crippen LogP contribution < -0.4 is 0 Å². The monoisotopic (exact) mass is 371 g/mol. The van der Waals surface area contributed by atoms with Gasteiger partial charge in [-0.1, -0.05) is 11.6 Å². The molecule has 1 saturated heterocycles. The molecule has 1 fully saturated rings. The summed E-state index contributed by atoms with van der Waals surface area (Å²) in [6, 6.07) is 6.62. The second-order valence-corrected chi connectivity index (χ2v) is 7.17. The van der Waals surface area contributed by atoms with Gasteiger partial charge in [-0.25, -0.2) is 19.3 Å². The highest BCUT2D eigenvalue weighted by atomic mass is 35.5. The summed E-state index contributed by atoms with van der Waals surface area (Å²) < 4.78 is 20.2. The van der Waals surface area contributed by atoms with Crippen molar-refractivity contribution in [2.45, 2.75) is 32.6 Å². The molecule has 6 heteroatoms. The number of nitrogens with zero attached hydrogens (tertiary/aromatic N) is 3. The van der Waals surface area contributed by atoms with Crippen LogP contribution in [0.15, 0.2) is 24.3 Å². The number of aromatic nitrogens is 3. The van der Waals surface area contributed by atoms with Crippen molar-refractivity contribution in [2.75, 3.05) is 13.2 Å². The summed E-state index contributed by atoms with van der Waals surface area (Å²) in [6.45, 7) is 5.27. The zero-order valence-electron chi connectivity index (χ0n) is 14.7. The smallest absolute Gasteiger partial charge is 0.163 e. The molecule has 0 N–H and O–H groups in total. The molecule has 0 radical (unpaired) electrons. The lowest BCUT2D eigenvalue weighted by Crippen LogP contribution is -2.18. The van der Waals surface area contributed by atoms with Gasteiger partial charge in [-0.15, -0.1) is 0 Å². The minimum absolute atomic E-state index is 0.102. The molecule has 0 spiro atoms. The highest BCUT2D eigenvalue weighted by molar-refractivity contribution is 6.30. The molecule has 1 aromatic carbocycles. The first-order valence-electron chi connectivity index (χ1n) is 8.72. The predicted molar refractivity (Wildman–Crippen MR) is 100 cm³/mol. The number of benzene rings is 1. The maximum absolute atomic E-state index is 14.6. The average Bonchev–Trinajstić information content (AvgIpc) is 2.63. The zero-order chi connectivity index (χ0) is 18.3. The van der Waals surface area contributed by atoms with Crippen LogP contribution in [0, 0.1) is 19.7 Å². The molecule has 1 aliphatic rings. The summed E-state index contributed by atoms with van der Waals surface area (Å²) in [5.74, 6) is 0.365. The van der Waals surface area contributed by atoms with E-state index < -0.39 is 5.82 Å². The van der Waals surface area contributed by atoms with Gasteiger partial charge in [-0.05, 0) is 56.5 Å². The molecule has 3 heterocycles. The van der Waals surface area contributed by atoms with Crippen LogP contribution in [0.25, 0.3) is 22.3 Å². The van der Waals surface area contributed by atoms with Crippen molar-refractivity contribution >= 4 is 22.6 Å². The Morgan fingerprint density at radius 1 is 1.15 bits per heavy atom. The lowest BCUT2D eigenvalue weighted by atomic mass is 10.00. The van der Waals surface area contributed by atoms with E-state index in [9.17, 15) is 4.39 Å². The molecule has 4 nitrogen and oxygen atoms in total. The fourth-order valence-corrected chi connectivity index (χ4v) is 3.43. The van der Waals surface area contributed by atoms with Gasteiger partial charge in [0.05, 0.1) is 12.3 Å². The number of rotatable bonds is 2. The third kappa shape index (κ3) is 3.17. The first-order chi connectivity index (χ1) is 12.5.